The first-order valence-electron chi connectivity index (χ1n) is 4.70. The summed E-state index contributed by atoms with van der Waals surface area (Å²) in [6, 6.07) is -0.174. The number of likely N-dealkylation sites (N-methyl/N-ethyl adjacent to an activating group) is 1. The lowest BCUT2D eigenvalue weighted by molar-refractivity contribution is -0.124. The fraction of sp³-hybridized carbons (Fsp3) is 0.889. The molecule has 1 amide bonds. The Kier molecular flexibility index (Phi) is 5.66. The molecule has 78 valence electrons. The van der Waals surface area contributed by atoms with Crippen LogP contribution in [-0.4, -0.2) is 37.0 Å². The van der Waals surface area contributed by atoms with Gasteiger partial charge < -0.3 is 11.5 Å². The SMILES string of the molecule is CC(C)[C@@H](C(N)=O)N(C)CCCN. The van der Waals surface area contributed by atoms with Gasteiger partial charge in [0.05, 0.1) is 6.04 Å². The van der Waals surface area contributed by atoms with Crippen LogP contribution < -0.4 is 11.5 Å². The monoisotopic (exact) mass is 187 g/mol. The molecule has 4 heteroatoms. The topological polar surface area (TPSA) is 72.4 Å². The van der Waals surface area contributed by atoms with Crippen molar-refractivity contribution < 1.29 is 4.79 Å². The average molecular weight is 187 g/mol. The van der Waals surface area contributed by atoms with Crippen molar-refractivity contribution in [2.75, 3.05) is 20.1 Å². The highest BCUT2D eigenvalue weighted by Crippen LogP contribution is 2.08. The van der Waals surface area contributed by atoms with E-state index in [-0.39, 0.29) is 17.9 Å². The van der Waals surface area contributed by atoms with Crippen LogP contribution >= 0.6 is 0 Å². The third-order valence-corrected chi connectivity index (χ3v) is 2.11. The third kappa shape index (κ3) is 4.24. The highest BCUT2D eigenvalue weighted by molar-refractivity contribution is 5.80. The van der Waals surface area contributed by atoms with Crippen molar-refractivity contribution in [1.29, 1.82) is 0 Å². The summed E-state index contributed by atoms with van der Waals surface area (Å²) in [5, 5.41) is 0. The average Bonchev–Trinajstić information content (AvgIpc) is 1.99. The van der Waals surface area contributed by atoms with Crippen molar-refractivity contribution in [2.24, 2.45) is 17.4 Å². The van der Waals surface area contributed by atoms with E-state index in [1.54, 1.807) is 0 Å². The summed E-state index contributed by atoms with van der Waals surface area (Å²) in [4.78, 5) is 13.1. The Morgan fingerprint density at radius 1 is 1.46 bits per heavy atom. The second-order valence-electron chi connectivity index (χ2n) is 3.71. The van der Waals surface area contributed by atoms with Gasteiger partial charge in [0.25, 0.3) is 0 Å². The number of carbonyl (C=O) groups excluding carboxylic acids is 1. The molecule has 0 saturated heterocycles. The molecule has 0 spiro atoms. The molecule has 0 aliphatic rings. The standard InChI is InChI=1S/C9H21N3O/c1-7(2)8(9(11)13)12(3)6-4-5-10/h7-8H,4-6,10H2,1-3H3,(H2,11,13)/t8-/m0/s1. The molecule has 4 nitrogen and oxygen atoms in total. The second kappa shape index (κ2) is 5.94. The number of hydrogen-bond acceptors (Lipinski definition) is 3. The van der Waals surface area contributed by atoms with Gasteiger partial charge in [0.2, 0.25) is 5.91 Å². The van der Waals surface area contributed by atoms with Gasteiger partial charge in [-0.1, -0.05) is 13.8 Å². The molecule has 0 aliphatic carbocycles. The van der Waals surface area contributed by atoms with E-state index in [0.717, 1.165) is 13.0 Å². The van der Waals surface area contributed by atoms with Crippen LogP contribution in [0.4, 0.5) is 0 Å². The first kappa shape index (κ1) is 12.4. The van der Waals surface area contributed by atoms with Crippen molar-refractivity contribution in [3.63, 3.8) is 0 Å². The van der Waals surface area contributed by atoms with E-state index in [0.29, 0.717) is 6.54 Å². The van der Waals surface area contributed by atoms with E-state index in [1.165, 1.54) is 0 Å². The van der Waals surface area contributed by atoms with Gasteiger partial charge in [-0.2, -0.15) is 0 Å². The third-order valence-electron chi connectivity index (χ3n) is 2.11. The van der Waals surface area contributed by atoms with Gasteiger partial charge in [-0.3, -0.25) is 9.69 Å². The van der Waals surface area contributed by atoms with E-state index < -0.39 is 0 Å². The molecule has 0 unspecified atom stereocenters. The van der Waals surface area contributed by atoms with Gasteiger partial charge in [-0.25, -0.2) is 0 Å². The maximum Gasteiger partial charge on any atom is 0.235 e. The number of amides is 1. The van der Waals surface area contributed by atoms with E-state index in [1.807, 2.05) is 25.8 Å². The predicted molar refractivity (Wildman–Crippen MR) is 54.1 cm³/mol. The Hall–Kier alpha value is -0.610. The van der Waals surface area contributed by atoms with Crippen LogP contribution in [0.3, 0.4) is 0 Å². The number of nitrogens with two attached hydrogens (primary N) is 2. The summed E-state index contributed by atoms with van der Waals surface area (Å²) in [7, 11) is 1.91. The molecule has 0 fully saturated rings. The quantitative estimate of drug-likeness (QED) is 0.603. The molecular weight excluding hydrogens is 166 g/mol. The number of carbonyl (C=O) groups is 1. The number of nitrogens with zero attached hydrogens (tertiary/aromatic N) is 1. The van der Waals surface area contributed by atoms with E-state index in [4.69, 9.17) is 11.5 Å². The van der Waals surface area contributed by atoms with Crippen molar-refractivity contribution in [2.45, 2.75) is 26.3 Å². The van der Waals surface area contributed by atoms with Crippen LogP contribution in [0.1, 0.15) is 20.3 Å². The van der Waals surface area contributed by atoms with Crippen LogP contribution in [0.2, 0.25) is 0 Å². The van der Waals surface area contributed by atoms with Crippen molar-refractivity contribution >= 4 is 5.91 Å². The minimum atomic E-state index is -0.255. The minimum absolute atomic E-state index is 0.174. The van der Waals surface area contributed by atoms with Gasteiger partial charge in [0, 0.05) is 0 Å². The number of primary amides is 1. The summed E-state index contributed by atoms with van der Waals surface area (Å²) < 4.78 is 0. The Morgan fingerprint density at radius 3 is 2.31 bits per heavy atom. The second-order valence-corrected chi connectivity index (χ2v) is 3.71. The Bertz CT molecular complexity index is 159. The zero-order chi connectivity index (χ0) is 10.4. The molecule has 0 aromatic rings. The van der Waals surface area contributed by atoms with Gasteiger partial charge in [-0.05, 0) is 32.5 Å². The molecule has 0 radical (unpaired) electrons. The lowest BCUT2D eigenvalue weighted by atomic mass is 10.0. The lowest BCUT2D eigenvalue weighted by Gasteiger charge is -2.28. The molecule has 0 aromatic heterocycles. The van der Waals surface area contributed by atoms with Crippen molar-refractivity contribution in [3.05, 3.63) is 0 Å². The lowest BCUT2D eigenvalue weighted by Crippen LogP contribution is -2.46. The molecule has 0 rings (SSSR count). The van der Waals surface area contributed by atoms with Crippen molar-refractivity contribution in [1.82, 2.24) is 4.90 Å². The minimum Gasteiger partial charge on any atom is -0.368 e. The van der Waals surface area contributed by atoms with E-state index in [9.17, 15) is 4.79 Å². The molecule has 13 heavy (non-hydrogen) atoms. The summed E-state index contributed by atoms with van der Waals surface area (Å²) in [6.07, 6.45) is 0.896. The summed E-state index contributed by atoms with van der Waals surface area (Å²) in [5.74, 6) is -0.00482. The highest BCUT2D eigenvalue weighted by atomic mass is 16.1. The van der Waals surface area contributed by atoms with Gasteiger partial charge >= 0.3 is 0 Å². The predicted octanol–water partition coefficient (Wildman–Crippen LogP) is -0.223. The summed E-state index contributed by atoms with van der Waals surface area (Å²) in [6.45, 7) is 5.46. The molecule has 1 atom stereocenters. The summed E-state index contributed by atoms with van der Waals surface area (Å²) in [5.41, 5.74) is 10.7. The normalized spacial score (nSPS) is 13.7. The Morgan fingerprint density at radius 2 is 2.00 bits per heavy atom. The maximum atomic E-state index is 11.1. The zero-order valence-electron chi connectivity index (χ0n) is 8.79. The summed E-state index contributed by atoms with van der Waals surface area (Å²) >= 11 is 0. The smallest absolute Gasteiger partial charge is 0.235 e. The van der Waals surface area contributed by atoms with Crippen LogP contribution in [0, 0.1) is 5.92 Å². The first-order valence-corrected chi connectivity index (χ1v) is 4.70. The van der Waals surface area contributed by atoms with Crippen LogP contribution in [0.5, 0.6) is 0 Å². The van der Waals surface area contributed by atoms with Crippen LogP contribution in [0.25, 0.3) is 0 Å². The van der Waals surface area contributed by atoms with E-state index in [2.05, 4.69) is 0 Å². The number of hydrogen-bond donors (Lipinski definition) is 2. The molecule has 0 aliphatic heterocycles. The van der Waals surface area contributed by atoms with E-state index >= 15 is 0 Å². The number of rotatable bonds is 6. The Labute approximate surface area is 80.3 Å². The molecule has 0 bridgehead atoms. The zero-order valence-corrected chi connectivity index (χ0v) is 8.79. The largest absolute Gasteiger partial charge is 0.368 e. The van der Waals surface area contributed by atoms with Crippen LogP contribution in [0.15, 0.2) is 0 Å². The van der Waals surface area contributed by atoms with Gasteiger partial charge in [0.1, 0.15) is 0 Å². The molecule has 0 aromatic carbocycles. The fourth-order valence-corrected chi connectivity index (χ4v) is 1.53. The molecular formula is C9H21N3O. The van der Waals surface area contributed by atoms with Crippen LogP contribution in [-0.2, 0) is 4.79 Å². The molecule has 0 saturated carbocycles. The highest BCUT2D eigenvalue weighted by Gasteiger charge is 2.23. The van der Waals surface area contributed by atoms with Gasteiger partial charge in [-0.15, -0.1) is 0 Å². The maximum absolute atomic E-state index is 11.1. The Balaban J connectivity index is 4.12. The first-order chi connectivity index (χ1) is 6.00. The fourth-order valence-electron chi connectivity index (χ4n) is 1.53. The molecule has 0 heterocycles. The van der Waals surface area contributed by atoms with Crippen molar-refractivity contribution in [3.8, 4) is 0 Å². The molecule has 4 N–H and O–H groups in total. The van der Waals surface area contributed by atoms with Gasteiger partial charge in [0.15, 0.2) is 0 Å².